The molecular formula is C19H20N4O2S. The van der Waals surface area contributed by atoms with Gasteiger partial charge in [-0.25, -0.2) is 0 Å². The minimum atomic E-state index is -0.877. The lowest BCUT2D eigenvalue weighted by atomic mass is 9.99. The van der Waals surface area contributed by atoms with Gasteiger partial charge in [-0.3, -0.25) is 9.36 Å². The number of fused-ring (bicyclic) bond motifs is 1. The second-order valence-electron chi connectivity index (χ2n) is 6.49. The molecule has 1 aliphatic heterocycles. The van der Waals surface area contributed by atoms with E-state index in [1.54, 1.807) is 11.3 Å². The van der Waals surface area contributed by atoms with Crippen LogP contribution in [0, 0.1) is 0 Å². The van der Waals surface area contributed by atoms with Crippen LogP contribution in [0.4, 0.5) is 0 Å². The van der Waals surface area contributed by atoms with Crippen molar-refractivity contribution in [3.05, 3.63) is 58.5 Å². The Bertz CT molecular complexity index is 892. The van der Waals surface area contributed by atoms with Gasteiger partial charge in [0.25, 0.3) is 0 Å². The lowest BCUT2D eigenvalue weighted by Crippen LogP contribution is -2.53. The number of nitrogens with one attached hydrogen (secondary N) is 1. The fourth-order valence-corrected chi connectivity index (χ4v) is 3.93. The monoisotopic (exact) mass is 368 g/mol. The molecule has 4 rings (SSSR count). The second-order valence-corrected chi connectivity index (χ2v) is 7.53. The number of carbonyl (C=O) groups excluding carboxylic acids is 1. The molecule has 0 fully saturated rings. The van der Waals surface area contributed by atoms with Gasteiger partial charge >= 0.3 is 0 Å². The molecule has 1 aromatic carbocycles. The highest BCUT2D eigenvalue weighted by molar-refractivity contribution is 7.09. The van der Waals surface area contributed by atoms with E-state index in [4.69, 9.17) is 4.74 Å². The van der Waals surface area contributed by atoms with Gasteiger partial charge in [0.1, 0.15) is 12.1 Å². The van der Waals surface area contributed by atoms with E-state index in [2.05, 4.69) is 21.6 Å². The fraction of sp³-hybridized carbons (Fsp3) is 0.316. The topological polar surface area (TPSA) is 69.0 Å². The number of carbonyl (C=O) groups is 1. The van der Waals surface area contributed by atoms with Crippen molar-refractivity contribution in [2.45, 2.75) is 25.5 Å². The van der Waals surface area contributed by atoms with Gasteiger partial charge in [-0.05, 0) is 24.8 Å². The second kappa shape index (κ2) is 7.01. The molecule has 2 aromatic heterocycles. The van der Waals surface area contributed by atoms with E-state index in [-0.39, 0.29) is 5.91 Å². The normalized spacial score (nSPS) is 19.1. The fourth-order valence-electron chi connectivity index (χ4n) is 3.22. The van der Waals surface area contributed by atoms with Gasteiger partial charge in [-0.15, -0.1) is 21.5 Å². The Labute approximate surface area is 155 Å². The van der Waals surface area contributed by atoms with E-state index in [0.717, 1.165) is 12.0 Å². The molecule has 1 atom stereocenters. The molecule has 0 bridgehead atoms. The lowest BCUT2D eigenvalue weighted by molar-refractivity contribution is -0.135. The first-order valence-corrected chi connectivity index (χ1v) is 9.45. The van der Waals surface area contributed by atoms with Crippen LogP contribution < -0.4 is 5.32 Å². The zero-order valence-corrected chi connectivity index (χ0v) is 15.3. The van der Waals surface area contributed by atoms with Gasteiger partial charge in [-0.1, -0.05) is 36.4 Å². The molecule has 6 nitrogen and oxygen atoms in total. The third kappa shape index (κ3) is 3.04. The SMILES string of the molecule is CC1(C(=O)NCCc2cccs2)COCc2nnc(-c3ccccc3)n21. The van der Waals surface area contributed by atoms with Gasteiger partial charge in [0.2, 0.25) is 5.91 Å². The van der Waals surface area contributed by atoms with E-state index in [0.29, 0.717) is 31.4 Å². The lowest BCUT2D eigenvalue weighted by Gasteiger charge is -2.35. The van der Waals surface area contributed by atoms with Crippen molar-refractivity contribution < 1.29 is 9.53 Å². The minimum Gasteiger partial charge on any atom is -0.370 e. The summed E-state index contributed by atoms with van der Waals surface area (Å²) in [6, 6.07) is 13.9. The van der Waals surface area contributed by atoms with Crippen molar-refractivity contribution in [2.75, 3.05) is 13.2 Å². The average Bonchev–Trinajstić information content (AvgIpc) is 3.33. The van der Waals surface area contributed by atoms with Crippen LogP contribution in [0.15, 0.2) is 47.8 Å². The summed E-state index contributed by atoms with van der Waals surface area (Å²) in [6.07, 6.45) is 0.820. The van der Waals surface area contributed by atoms with Crippen LogP contribution in [0.5, 0.6) is 0 Å². The number of nitrogens with zero attached hydrogens (tertiary/aromatic N) is 3. The van der Waals surface area contributed by atoms with E-state index in [1.807, 2.05) is 53.3 Å². The molecule has 0 saturated heterocycles. The van der Waals surface area contributed by atoms with E-state index in [9.17, 15) is 4.79 Å². The molecule has 3 heterocycles. The average molecular weight is 368 g/mol. The van der Waals surface area contributed by atoms with Gasteiger partial charge in [-0.2, -0.15) is 0 Å². The molecular weight excluding hydrogens is 348 g/mol. The standard InChI is InChI=1S/C19H20N4O2S/c1-19(18(24)20-10-9-15-8-5-11-26-15)13-25-12-16-21-22-17(23(16)19)14-6-3-2-4-7-14/h2-8,11H,9-10,12-13H2,1H3,(H,20,24). The molecule has 1 aliphatic rings. The number of benzene rings is 1. The Hall–Kier alpha value is -2.51. The van der Waals surface area contributed by atoms with Crippen molar-refractivity contribution in [3.63, 3.8) is 0 Å². The van der Waals surface area contributed by atoms with Gasteiger partial charge in [0, 0.05) is 17.0 Å². The summed E-state index contributed by atoms with van der Waals surface area (Å²) in [5.41, 5.74) is 0.0586. The van der Waals surface area contributed by atoms with E-state index in [1.165, 1.54) is 4.88 Å². The molecule has 1 unspecified atom stereocenters. The first-order chi connectivity index (χ1) is 12.7. The van der Waals surface area contributed by atoms with Crippen molar-refractivity contribution in [3.8, 4) is 11.4 Å². The molecule has 0 saturated carbocycles. The predicted molar refractivity (Wildman–Crippen MR) is 99.8 cm³/mol. The molecule has 3 aromatic rings. The van der Waals surface area contributed by atoms with Crippen LogP contribution in [0.2, 0.25) is 0 Å². The van der Waals surface area contributed by atoms with Crippen LogP contribution in [-0.4, -0.2) is 33.8 Å². The van der Waals surface area contributed by atoms with Crippen LogP contribution in [0.25, 0.3) is 11.4 Å². The minimum absolute atomic E-state index is 0.0769. The number of hydrogen-bond acceptors (Lipinski definition) is 5. The maximum absolute atomic E-state index is 13.0. The third-order valence-electron chi connectivity index (χ3n) is 4.60. The summed E-state index contributed by atoms with van der Waals surface area (Å²) in [6.45, 7) is 3.12. The Morgan fingerprint density at radius 1 is 1.27 bits per heavy atom. The largest absolute Gasteiger partial charge is 0.370 e. The Kier molecular flexibility index (Phi) is 4.57. The zero-order chi connectivity index (χ0) is 18.0. The highest BCUT2D eigenvalue weighted by Crippen LogP contribution is 2.30. The number of rotatable bonds is 5. The van der Waals surface area contributed by atoms with Gasteiger partial charge in [0.05, 0.1) is 6.61 Å². The van der Waals surface area contributed by atoms with E-state index < -0.39 is 5.54 Å². The summed E-state index contributed by atoms with van der Waals surface area (Å²) in [4.78, 5) is 14.3. The van der Waals surface area contributed by atoms with Crippen molar-refractivity contribution in [1.82, 2.24) is 20.1 Å². The van der Waals surface area contributed by atoms with Crippen LogP contribution in [0.1, 0.15) is 17.6 Å². The van der Waals surface area contributed by atoms with Crippen LogP contribution in [0.3, 0.4) is 0 Å². The number of aromatic nitrogens is 3. The zero-order valence-electron chi connectivity index (χ0n) is 14.5. The van der Waals surface area contributed by atoms with E-state index >= 15 is 0 Å². The summed E-state index contributed by atoms with van der Waals surface area (Å²) < 4.78 is 7.57. The van der Waals surface area contributed by atoms with Gasteiger partial charge in [0.15, 0.2) is 11.6 Å². The maximum Gasteiger partial charge on any atom is 0.248 e. The molecule has 0 aliphatic carbocycles. The molecule has 26 heavy (non-hydrogen) atoms. The Morgan fingerprint density at radius 3 is 2.88 bits per heavy atom. The first kappa shape index (κ1) is 16.9. The number of amides is 1. The molecule has 1 amide bonds. The molecule has 0 spiro atoms. The summed E-state index contributed by atoms with van der Waals surface area (Å²) in [5.74, 6) is 1.29. The summed E-state index contributed by atoms with van der Waals surface area (Å²) in [7, 11) is 0. The highest BCUT2D eigenvalue weighted by atomic mass is 32.1. The molecule has 0 radical (unpaired) electrons. The molecule has 7 heteroatoms. The van der Waals surface area contributed by atoms with Crippen LogP contribution in [-0.2, 0) is 28.1 Å². The maximum atomic E-state index is 13.0. The third-order valence-corrected chi connectivity index (χ3v) is 5.53. The number of hydrogen-bond donors (Lipinski definition) is 1. The molecule has 134 valence electrons. The van der Waals surface area contributed by atoms with Crippen molar-refractivity contribution in [2.24, 2.45) is 0 Å². The smallest absolute Gasteiger partial charge is 0.248 e. The number of thiophene rings is 1. The van der Waals surface area contributed by atoms with Gasteiger partial charge < -0.3 is 10.1 Å². The Balaban J connectivity index is 1.59. The molecule has 1 N–H and O–H groups in total. The highest BCUT2D eigenvalue weighted by Gasteiger charge is 2.42. The van der Waals surface area contributed by atoms with Crippen molar-refractivity contribution >= 4 is 17.2 Å². The first-order valence-electron chi connectivity index (χ1n) is 8.57. The Morgan fingerprint density at radius 2 is 2.12 bits per heavy atom. The predicted octanol–water partition coefficient (Wildman–Crippen LogP) is 2.61. The number of ether oxygens (including phenoxy) is 1. The van der Waals surface area contributed by atoms with Crippen LogP contribution >= 0.6 is 11.3 Å². The summed E-state index contributed by atoms with van der Waals surface area (Å²) >= 11 is 1.70. The summed E-state index contributed by atoms with van der Waals surface area (Å²) in [5, 5.41) is 13.7. The quantitative estimate of drug-likeness (QED) is 0.752. The van der Waals surface area contributed by atoms with Crippen molar-refractivity contribution in [1.29, 1.82) is 0 Å².